The van der Waals surface area contributed by atoms with Crippen LogP contribution in [0.2, 0.25) is 0 Å². The number of aromatic nitrogens is 1. The minimum absolute atomic E-state index is 0.184. The van der Waals surface area contributed by atoms with Crippen molar-refractivity contribution in [2.45, 2.75) is 51.4 Å². The molecule has 0 radical (unpaired) electrons. The summed E-state index contributed by atoms with van der Waals surface area (Å²) in [7, 11) is 0. The lowest BCUT2D eigenvalue weighted by molar-refractivity contribution is 0.172. The maximum absolute atomic E-state index is 7.44. The van der Waals surface area contributed by atoms with Crippen LogP contribution in [-0.2, 0) is 10.8 Å². The van der Waals surface area contributed by atoms with E-state index in [4.69, 9.17) is 11.6 Å². The summed E-state index contributed by atoms with van der Waals surface area (Å²) in [5, 5.41) is 3.39. The highest BCUT2D eigenvalue weighted by molar-refractivity contribution is 6.11. The molecule has 3 aromatic rings. The summed E-state index contributed by atoms with van der Waals surface area (Å²) in [6, 6.07) is 10.3. The lowest BCUT2D eigenvalue weighted by Gasteiger charge is -2.39. The first kappa shape index (κ1) is 14.9. The van der Waals surface area contributed by atoms with Crippen LogP contribution in [0, 0.1) is 12.0 Å². The van der Waals surface area contributed by atoms with Crippen molar-refractivity contribution in [1.29, 1.82) is 0 Å². The molecule has 2 nitrogen and oxygen atoms in total. The van der Waals surface area contributed by atoms with Gasteiger partial charge < -0.3 is 0 Å². The molecule has 25 heavy (non-hydrogen) atoms. The quantitative estimate of drug-likeness (QED) is 0.350. The summed E-state index contributed by atoms with van der Waals surface area (Å²) < 4.78 is 0. The molecule has 0 amide bonds. The maximum atomic E-state index is 7.44. The van der Waals surface area contributed by atoms with E-state index in [1.807, 2.05) is 12.1 Å². The van der Waals surface area contributed by atoms with E-state index in [2.05, 4.69) is 56.9 Å². The maximum Gasteiger partial charge on any atom is 0.194 e. The molecule has 2 heteroatoms. The fourth-order valence-corrected chi connectivity index (χ4v) is 5.76. The molecule has 2 atom stereocenters. The molecule has 1 fully saturated rings. The zero-order valence-electron chi connectivity index (χ0n) is 15.3. The molecule has 0 aliphatic heterocycles. The SMILES string of the molecule is [C-]#[N+]c1cccc2c1ccc1c3c(cnc12)C1(C)CCC3(C)C1(C)C. The Morgan fingerprint density at radius 2 is 1.64 bits per heavy atom. The number of nitrogens with zero attached hydrogens (tertiary/aromatic N) is 2. The molecule has 0 N–H and O–H groups in total. The topological polar surface area (TPSA) is 17.2 Å². The zero-order chi connectivity index (χ0) is 17.6. The molecule has 2 aliphatic carbocycles. The predicted molar refractivity (Wildman–Crippen MR) is 103 cm³/mol. The van der Waals surface area contributed by atoms with Gasteiger partial charge in [0.25, 0.3) is 0 Å². The lowest BCUT2D eigenvalue weighted by Crippen LogP contribution is -2.37. The van der Waals surface area contributed by atoms with E-state index in [0.717, 1.165) is 16.3 Å². The molecule has 2 aliphatic rings. The normalized spacial score (nSPS) is 29.1. The van der Waals surface area contributed by atoms with E-state index in [9.17, 15) is 0 Å². The number of rotatable bonds is 0. The van der Waals surface area contributed by atoms with E-state index in [0.29, 0.717) is 5.69 Å². The van der Waals surface area contributed by atoms with Gasteiger partial charge in [-0.1, -0.05) is 58.0 Å². The van der Waals surface area contributed by atoms with Crippen molar-refractivity contribution in [1.82, 2.24) is 4.98 Å². The third-order valence-corrected chi connectivity index (χ3v) is 8.02. The van der Waals surface area contributed by atoms with Gasteiger partial charge in [-0.05, 0) is 45.6 Å². The molecule has 124 valence electrons. The highest BCUT2D eigenvalue weighted by Gasteiger charge is 2.66. The second kappa shape index (κ2) is 4.22. The molecule has 1 heterocycles. The molecule has 2 bridgehead atoms. The molecule has 0 spiro atoms. The first-order chi connectivity index (χ1) is 11.8. The van der Waals surface area contributed by atoms with Crippen LogP contribution in [0.4, 0.5) is 5.69 Å². The summed E-state index contributed by atoms with van der Waals surface area (Å²) in [6.07, 6.45) is 4.61. The van der Waals surface area contributed by atoms with Crippen LogP contribution in [0.1, 0.15) is 51.7 Å². The van der Waals surface area contributed by atoms with Crippen LogP contribution in [0.25, 0.3) is 26.5 Å². The van der Waals surface area contributed by atoms with Crippen LogP contribution in [0.15, 0.2) is 36.5 Å². The minimum Gasteiger partial charge on any atom is -0.255 e. The average molecular weight is 326 g/mol. The van der Waals surface area contributed by atoms with Crippen molar-refractivity contribution < 1.29 is 0 Å². The van der Waals surface area contributed by atoms with Gasteiger partial charge in [-0.2, -0.15) is 0 Å². The van der Waals surface area contributed by atoms with Gasteiger partial charge in [0.1, 0.15) is 0 Å². The monoisotopic (exact) mass is 326 g/mol. The third kappa shape index (κ3) is 1.41. The Bertz CT molecular complexity index is 1120. The highest BCUT2D eigenvalue weighted by atomic mass is 14.8. The van der Waals surface area contributed by atoms with Gasteiger partial charge in [0.05, 0.1) is 12.1 Å². The average Bonchev–Trinajstić information content (AvgIpc) is 2.88. The van der Waals surface area contributed by atoms with E-state index in [1.54, 1.807) is 0 Å². The Balaban J connectivity index is 1.96. The van der Waals surface area contributed by atoms with Crippen molar-refractivity contribution in [2.24, 2.45) is 5.41 Å². The number of benzene rings is 2. The van der Waals surface area contributed by atoms with Gasteiger partial charge in [0.15, 0.2) is 5.69 Å². The van der Waals surface area contributed by atoms with Crippen LogP contribution in [-0.4, -0.2) is 4.98 Å². The van der Waals surface area contributed by atoms with Gasteiger partial charge in [-0.3, -0.25) is 4.98 Å². The Labute approximate surface area is 148 Å². The number of fused-ring (bicyclic) bond motifs is 9. The Kier molecular flexibility index (Phi) is 2.52. The van der Waals surface area contributed by atoms with Gasteiger partial charge in [-0.25, -0.2) is 4.85 Å². The lowest BCUT2D eigenvalue weighted by atomic mass is 9.64. The number of hydrogen-bond donors (Lipinski definition) is 0. The van der Waals surface area contributed by atoms with Gasteiger partial charge in [0.2, 0.25) is 0 Å². The fraction of sp³-hybridized carbons (Fsp3) is 0.391. The van der Waals surface area contributed by atoms with E-state index < -0.39 is 0 Å². The molecular formula is C23H22N2. The van der Waals surface area contributed by atoms with Crippen LogP contribution < -0.4 is 0 Å². The molecule has 1 saturated carbocycles. The summed E-state index contributed by atoms with van der Waals surface area (Å²) in [5.74, 6) is 0. The number of pyridine rings is 1. The van der Waals surface area contributed by atoms with Gasteiger partial charge in [0, 0.05) is 17.0 Å². The smallest absolute Gasteiger partial charge is 0.194 e. The molecule has 5 rings (SSSR count). The van der Waals surface area contributed by atoms with Crippen LogP contribution in [0.3, 0.4) is 0 Å². The number of hydrogen-bond acceptors (Lipinski definition) is 1. The van der Waals surface area contributed by atoms with E-state index in [1.165, 1.54) is 29.4 Å². The van der Waals surface area contributed by atoms with E-state index >= 15 is 0 Å². The van der Waals surface area contributed by atoms with Crippen molar-refractivity contribution in [3.63, 3.8) is 0 Å². The van der Waals surface area contributed by atoms with Crippen LogP contribution >= 0.6 is 0 Å². The molecule has 0 saturated heterocycles. The summed E-state index contributed by atoms with van der Waals surface area (Å²) in [6.45, 7) is 17.2. The molecule has 2 aromatic carbocycles. The van der Waals surface area contributed by atoms with Gasteiger partial charge in [-0.15, -0.1) is 0 Å². The standard InChI is InChI=1S/C23H22N2/c1-21(2)22(3)11-12-23(21,4)19-16-10-9-14-15(7-6-8-18(14)24-5)20(16)25-13-17(19)22/h6-10,13H,11-12H2,1-4H3. The minimum atomic E-state index is 0.184. The molecule has 1 aromatic heterocycles. The Morgan fingerprint density at radius 1 is 0.920 bits per heavy atom. The Morgan fingerprint density at radius 3 is 2.40 bits per heavy atom. The fourth-order valence-electron chi connectivity index (χ4n) is 5.76. The largest absolute Gasteiger partial charge is 0.255 e. The summed E-state index contributed by atoms with van der Waals surface area (Å²) in [4.78, 5) is 8.60. The molecule has 2 unspecified atom stereocenters. The van der Waals surface area contributed by atoms with Crippen molar-refractivity contribution in [2.75, 3.05) is 0 Å². The van der Waals surface area contributed by atoms with Crippen molar-refractivity contribution in [3.05, 3.63) is 59.1 Å². The second-order valence-corrected chi connectivity index (χ2v) is 8.78. The zero-order valence-corrected chi connectivity index (χ0v) is 15.3. The summed E-state index contributed by atoms with van der Waals surface area (Å²) in [5.41, 5.74) is 5.32. The van der Waals surface area contributed by atoms with Crippen molar-refractivity contribution in [3.8, 4) is 0 Å². The third-order valence-electron chi connectivity index (χ3n) is 8.02. The second-order valence-electron chi connectivity index (χ2n) is 8.78. The van der Waals surface area contributed by atoms with Crippen LogP contribution in [0.5, 0.6) is 0 Å². The van der Waals surface area contributed by atoms with Crippen molar-refractivity contribution >= 4 is 27.4 Å². The van der Waals surface area contributed by atoms with E-state index in [-0.39, 0.29) is 16.2 Å². The first-order valence-electron chi connectivity index (χ1n) is 9.08. The van der Waals surface area contributed by atoms with Gasteiger partial charge >= 0.3 is 0 Å². The summed E-state index contributed by atoms with van der Waals surface area (Å²) >= 11 is 0. The predicted octanol–water partition coefficient (Wildman–Crippen LogP) is 6.29. The first-order valence-corrected chi connectivity index (χ1v) is 9.08. The Hall–Kier alpha value is -2.40. The molecular weight excluding hydrogens is 304 g/mol. The highest BCUT2D eigenvalue weighted by Crippen LogP contribution is 2.71.